The van der Waals surface area contributed by atoms with Crippen molar-refractivity contribution in [3.05, 3.63) is 16.6 Å². The third kappa shape index (κ3) is 4.28. The molecule has 0 spiro atoms. The third-order valence-electron chi connectivity index (χ3n) is 2.50. The minimum absolute atomic E-state index is 0.590. The standard InChI is InChI=1S/C11H21N3S/c1-5-14(10(2)7-13(3)4)8-11-6-12-9-15-11/h6,9-10H,5,7-8H2,1-4H3/t10-/m1/s1. The third-order valence-corrected chi connectivity index (χ3v) is 3.27. The second kappa shape index (κ2) is 6.20. The summed E-state index contributed by atoms with van der Waals surface area (Å²) in [5.74, 6) is 0. The Kier molecular flexibility index (Phi) is 5.22. The molecule has 0 unspecified atom stereocenters. The highest BCUT2D eigenvalue weighted by Gasteiger charge is 2.13. The van der Waals surface area contributed by atoms with E-state index in [0.29, 0.717) is 6.04 Å². The molecule has 0 aliphatic heterocycles. The highest BCUT2D eigenvalue weighted by Crippen LogP contribution is 2.12. The first-order valence-corrected chi connectivity index (χ1v) is 6.27. The van der Waals surface area contributed by atoms with E-state index in [0.717, 1.165) is 19.6 Å². The quantitative estimate of drug-likeness (QED) is 0.740. The van der Waals surface area contributed by atoms with E-state index in [1.807, 2.05) is 11.7 Å². The van der Waals surface area contributed by atoms with Crippen LogP contribution in [0, 0.1) is 0 Å². The molecule has 0 bridgehead atoms. The number of hydrogen-bond donors (Lipinski definition) is 0. The van der Waals surface area contributed by atoms with Crippen molar-refractivity contribution in [2.24, 2.45) is 0 Å². The van der Waals surface area contributed by atoms with Gasteiger partial charge in [0.15, 0.2) is 0 Å². The van der Waals surface area contributed by atoms with Crippen molar-refractivity contribution in [2.75, 3.05) is 27.2 Å². The molecule has 0 aliphatic carbocycles. The number of hydrogen-bond acceptors (Lipinski definition) is 4. The molecule has 86 valence electrons. The molecule has 1 aromatic rings. The molecule has 1 heterocycles. The molecule has 0 aliphatic rings. The lowest BCUT2D eigenvalue weighted by Gasteiger charge is -2.29. The van der Waals surface area contributed by atoms with E-state index in [2.05, 4.69) is 42.7 Å². The monoisotopic (exact) mass is 227 g/mol. The zero-order chi connectivity index (χ0) is 11.3. The summed E-state index contributed by atoms with van der Waals surface area (Å²) in [4.78, 5) is 10.2. The summed E-state index contributed by atoms with van der Waals surface area (Å²) in [6, 6.07) is 0.590. The van der Waals surface area contributed by atoms with Crippen molar-refractivity contribution in [1.29, 1.82) is 0 Å². The number of nitrogens with zero attached hydrogens (tertiary/aromatic N) is 3. The second-order valence-corrected chi connectivity index (χ2v) is 5.11. The Morgan fingerprint density at radius 1 is 1.47 bits per heavy atom. The lowest BCUT2D eigenvalue weighted by Crippen LogP contribution is -2.39. The van der Waals surface area contributed by atoms with Crippen molar-refractivity contribution >= 4 is 11.3 Å². The molecular formula is C11H21N3S. The fraction of sp³-hybridized carbons (Fsp3) is 0.727. The number of likely N-dealkylation sites (N-methyl/N-ethyl adjacent to an activating group) is 2. The Morgan fingerprint density at radius 2 is 2.20 bits per heavy atom. The van der Waals surface area contributed by atoms with Gasteiger partial charge in [0.05, 0.1) is 5.51 Å². The van der Waals surface area contributed by atoms with Gasteiger partial charge in [0.2, 0.25) is 0 Å². The average Bonchev–Trinajstić information content (AvgIpc) is 2.65. The molecule has 3 nitrogen and oxygen atoms in total. The van der Waals surface area contributed by atoms with Gasteiger partial charge in [-0.15, -0.1) is 11.3 Å². The summed E-state index contributed by atoms with van der Waals surface area (Å²) in [5, 5.41) is 0. The Balaban J connectivity index is 2.48. The van der Waals surface area contributed by atoms with Crippen molar-refractivity contribution in [3.8, 4) is 0 Å². The van der Waals surface area contributed by atoms with Gasteiger partial charge >= 0.3 is 0 Å². The minimum Gasteiger partial charge on any atom is -0.308 e. The highest BCUT2D eigenvalue weighted by atomic mass is 32.1. The molecule has 1 aromatic heterocycles. The van der Waals surface area contributed by atoms with Gasteiger partial charge < -0.3 is 4.90 Å². The number of thiazole rings is 1. The molecule has 0 saturated carbocycles. The summed E-state index contributed by atoms with van der Waals surface area (Å²) in [6.45, 7) is 7.72. The van der Waals surface area contributed by atoms with E-state index in [1.165, 1.54) is 4.88 Å². The first-order valence-electron chi connectivity index (χ1n) is 5.39. The van der Waals surface area contributed by atoms with Gasteiger partial charge in [-0.25, -0.2) is 0 Å². The van der Waals surface area contributed by atoms with E-state index in [9.17, 15) is 0 Å². The smallest absolute Gasteiger partial charge is 0.0794 e. The average molecular weight is 227 g/mol. The summed E-state index contributed by atoms with van der Waals surface area (Å²) in [6.07, 6.45) is 1.97. The van der Waals surface area contributed by atoms with Crippen LogP contribution in [0.2, 0.25) is 0 Å². The van der Waals surface area contributed by atoms with Gasteiger partial charge in [0.1, 0.15) is 0 Å². The summed E-state index contributed by atoms with van der Waals surface area (Å²) >= 11 is 1.74. The van der Waals surface area contributed by atoms with Crippen LogP contribution in [0.25, 0.3) is 0 Å². The predicted octanol–water partition coefficient (Wildman–Crippen LogP) is 1.92. The molecule has 4 heteroatoms. The maximum Gasteiger partial charge on any atom is 0.0794 e. The van der Waals surface area contributed by atoms with Crippen LogP contribution in [0.4, 0.5) is 0 Å². The van der Waals surface area contributed by atoms with E-state index in [4.69, 9.17) is 0 Å². The molecule has 1 atom stereocenters. The Labute approximate surface area is 96.7 Å². The van der Waals surface area contributed by atoms with Crippen LogP contribution in [0.1, 0.15) is 18.7 Å². The molecule has 15 heavy (non-hydrogen) atoms. The van der Waals surface area contributed by atoms with Crippen LogP contribution in [-0.2, 0) is 6.54 Å². The fourth-order valence-electron chi connectivity index (χ4n) is 1.74. The Hall–Kier alpha value is -0.450. The Bertz CT molecular complexity index is 259. The second-order valence-electron chi connectivity index (χ2n) is 4.14. The van der Waals surface area contributed by atoms with Gasteiger partial charge in [-0.3, -0.25) is 9.88 Å². The van der Waals surface area contributed by atoms with Gasteiger partial charge in [0, 0.05) is 30.2 Å². The molecule has 0 fully saturated rings. The van der Waals surface area contributed by atoms with Crippen molar-refractivity contribution in [2.45, 2.75) is 26.4 Å². The lowest BCUT2D eigenvalue weighted by molar-refractivity contribution is 0.175. The summed E-state index contributed by atoms with van der Waals surface area (Å²) in [7, 11) is 4.24. The first kappa shape index (κ1) is 12.6. The van der Waals surface area contributed by atoms with Crippen molar-refractivity contribution in [3.63, 3.8) is 0 Å². The van der Waals surface area contributed by atoms with E-state index in [-0.39, 0.29) is 0 Å². The molecular weight excluding hydrogens is 206 g/mol. The van der Waals surface area contributed by atoms with Crippen LogP contribution in [0.5, 0.6) is 0 Å². The van der Waals surface area contributed by atoms with Crippen molar-refractivity contribution in [1.82, 2.24) is 14.8 Å². The maximum atomic E-state index is 4.11. The zero-order valence-electron chi connectivity index (χ0n) is 10.1. The zero-order valence-corrected chi connectivity index (χ0v) is 10.9. The largest absolute Gasteiger partial charge is 0.308 e. The van der Waals surface area contributed by atoms with E-state index >= 15 is 0 Å². The lowest BCUT2D eigenvalue weighted by atomic mass is 10.2. The molecule has 1 rings (SSSR count). The summed E-state index contributed by atoms with van der Waals surface area (Å²) < 4.78 is 0. The fourth-order valence-corrected chi connectivity index (χ4v) is 2.36. The number of aromatic nitrogens is 1. The minimum atomic E-state index is 0.590. The van der Waals surface area contributed by atoms with E-state index in [1.54, 1.807) is 11.3 Å². The normalized spacial score (nSPS) is 13.7. The topological polar surface area (TPSA) is 19.4 Å². The van der Waals surface area contributed by atoms with Gasteiger partial charge in [-0.1, -0.05) is 6.92 Å². The van der Waals surface area contributed by atoms with Crippen LogP contribution in [-0.4, -0.2) is 48.0 Å². The van der Waals surface area contributed by atoms with Gasteiger partial charge in [-0.05, 0) is 27.6 Å². The SMILES string of the molecule is CCN(Cc1cncs1)[C@H](C)CN(C)C. The van der Waals surface area contributed by atoms with Gasteiger partial charge in [0.25, 0.3) is 0 Å². The molecule has 0 aromatic carbocycles. The van der Waals surface area contributed by atoms with Crippen LogP contribution in [0.15, 0.2) is 11.7 Å². The highest BCUT2D eigenvalue weighted by molar-refractivity contribution is 7.09. The van der Waals surface area contributed by atoms with Crippen molar-refractivity contribution < 1.29 is 0 Å². The molecule has 0 amide bonds. The number of rotatable bonds is 6. The van der Waals surface area contributed by atoms with Crippen LogP contribution < -0.4 is 0 Å². The molecule has 0 radical (unpaired) electrons. The maximum absolute atomic E-state index is 4.11. The first-order chi connectivity index (χ1) is 7.13. The predicted molar refractivity (Wildman–Crippen MR) is 66.2 cm³/mol. The van der Waals surface area contributed by atoms with Crippen LogP contribution in [0.3, 0.4) is 0 Å². The molecule has 0 N–H and O–H groups in total. The Morgan fingerprint density at radius 3 is 2.67 bits per heavy atom. The van der Waals surface area contributed by atoms with Crippen LogP contribution >= 0.6 is 11.3 Å². The summed E-state index contributed by atoms with van der Waals surface area (Å²) in [5.41, 5.74) is 1.90. The molecule has 0 saturated heterocycles. The van der Waals surface area contributed by atoms with E-state index < -0.39 is 0 Å². The van der Waals surface area contributed by atoms with Gasteiger partial charge in [-0.2, -0.15) is 0 Å².